The molecule has 168 valence electrons. The van der Waals surface area contributed by atoms with Crippen LogP contribution in [0.15, 0.2) is 18.2 Å². The SMILES string of the molecule is Cc1cc(C)cc(N(CCC#N)C(=O)CN2CCN(CC(=O)N3CCCCC3)CC2)c1. The standard InChI is InChI=1S/C24H35N5O2/c1-20-15-21(2)17-22(16-20)29(10-6-7-25)24(31)19-27-13-11-26(12-14-27)18-23(30)28-8-4-3-5-9-28/h15-17H,3-6,8-14,18-19H2,1-2H3. The molecule has 1 aromatic rings. The van der Waals surface area contributed by atoms with Gasteiger partial charge >= 0.3 is 0 Å². The van der Waals surface area contributed by atoms with Crippen LogP contribution in [0.5, 0.6) is 0 Å². The second-order valence-electron chi connectivity index (χ2n) is 8.79. The highest BCUT2D eigenvalue weighted by Crippen LogP contribution is 2.20. The summed E-state index contributed by atoms with van der Waals surface area (Å²) < 4.78 is 0. The number of hydrogen-bond donors (Lipinski definition) is 0. The first-order chi connectivity index (χ1) is 15.0. The number of piperazine rings is 1. The Morgan fingerprint density at radius 3 is 2.06 bits per heavy atom. The summed E-state index contributed by atoms with van der Waals surface area (Å²) in [5.74, 6) is 0.264. The van der Waals surface area contributed by atoms with Crippen LogP contribution in [0.25, 0.3) is 0 Å². The van der Waals surface area contributed by atoms with E-state index in [0.717, 1.165) is 68.9 Å². The molecule has 0 radical (unpaired) electrons. The van der Waals surface area contributed by atoms with Crippen molar-refractivity contribution in [1.29, 1.82) is 5.26 Å². The molecule has 7 nitrogen and oxygen atoms in total. The topological polar surface area (TPSA) is 70.9 Å². The molecule has 0 atom stereocenters. The maximum Gasteiger partial charge on any atom is 0.241 e. The third-order valence-electron chi connectivity index (χ3n) is 6.16. The summed E-state index contributed by atoms with van der Waals surface area (Å²) in [7, 11) is 0. The molecule has 0 bridgehead atoms. The van der Waals surface area contributed by atoms with Gasteiger partial charge in [0.15, 0.2) is 0 Å². The number of anilines is 1. The minimum absolute atomic E-state index is 0.0260. The number of hydrogen-bond acceptors (Lipinski definition) is 5. The average molecular weight is 426 g/mol. The zero-order valence-corrected chi connectivity index (χ0v) is 19.0. The van der Waals surface area contributed by atoms with Gasteiger partial charge in [0.25, 0.3) is 0 Å². The van der Waals surface area contributed by atoms with Gasteiger partial charge < -0.3 is 9.80 Å². The fraction of sp³-hybridized carbons (Fsp3) is 0.625. The van der Waals surface area contributed by atoms with Gasteiger partial charge in [-0.15, -0.1) is 0 Å². The van der Waals surface area contributed by atoms with Gasteiger partial charge in [0, 0.05) is 51.5 Å². The quantitative estimate of drug-likeness (QED) is 0.670. The minimum Gasteiger partial charge on any atom is -0.342 e. The summed E-state index contributed by atoms with van der Waals surface area (Å²) in [4.78, 5) is 33.7. The van der Waals surface area contributed by atoms with Crippen molar-refractivity contribution >= 4 is 17.5 Å². The van der Waals surface area contributed by atoms with Crippen LogP contribution in [0.1, 0.15) is 36.8 Å². The summed E-state index contributed by atoms with van der Waals surface area (Å²) in [6.45, 7) is 10.2. The Labute approximate surface area is 186 Å². The fourth-order valence-electron chi connectivity index (χ4n) is 4.48. The van der Waals surface area contributed by atoms with Crippen molar-refractivity contribution in [3.8, 4) is 6.07 Å². The highest BCUT2D eigenvalue weighted by molar-refractivity contribution is 5.95. The van der Waals surface area contributed by atoms with E-state index >= 15 is 0 Å². The Kier molecular flexibility index (Phi) is 8.44. The molecular weight excluding hydrogens is 390 g/mol. The van der Waals surface area contributed by atoms with Crippen molar-refractivity contribution in [3.63, 3.8) is 0 Å². The summed E-state index contributed by atoms with van der Waals surface area (Å²) in [6.07, 6.45) is 3.77. The van der Waals surface area contributed by atoms with Crippen molar-refractivity contribution in [1.82, 2.24) is 14.7 Å². The lowest BCUT2D eigenvalue weighted by molar-refractivity contribution is -0.134. The Hall–Kier alpha value is -2.43. The number of carbonyl (C=O) groups excluding carboxylic acids is 2. The molecule has 0 aromatic heterocycles. The molecule has 2 fully saturated rings. The Bertz CT molecular complexity index is 784. The Morgan fingerprint density at radius 2 is 1.48 bits per heavy atom. The van der Waals surface area contributed by atoms with E-state index in [9.17, 15) is 9.59 Å². The van der Waals surface area contributed by atoms with E-state index in [0.29, 0.717) is 26.1 Å². The summed E-state index contributed by atoms with van der Waals surface area (Å²) >= 11 is 0. The van der Waals surface area contributed by atoms with E-state index in [1.807, 2.05) is 30.9 Å². The predicted octanol–water partition coefficient (Wildman–Crippen LogP) is 2.18. The van der Waals surface area contributed by atoms with Gasteiger partial charge in [0.1, 0.15) is 0 Å². The number of rotatable bonds is 7. The van der Waals surface area contributed by atoms with Gasteiger partial charge in [-0.05, 0) is 56.4 Å². The predicted molar refractivity (Wildman–Crippen MR) is 122 cm³/mol. The minimum atomic E-state index is 0.0260. The molecule has 2 aliphatic heterocycles. The third kappa shape index (κ3) is 6.78. The molecule has 0 unspecified atom stereocenters. The first-order valence-corrected chi connectivity index (χ1v) is 11.4. The Balaban J connectivity index is 1.52. The zero-order valence-electron chi connectivity index (χ0n) is 19.0. The molecule has 0 spiro atoms. The van der Waals surface area contributed by atoms with Crippen molar-refractivity contribution in [2.24, 2.45) is 0 Å². The van der Waals surface area contributed by atoms with Crippen LogP contribution in [-0.2, 0) is 9.59 Å². The number of nitriles is 1. The lowest BCUT2D eigenvalue weighted by Gasteiger charge is -2.36. The van der Waals surface area contributed by atoms with Crippen LogP contribution in [0.4, 0.5) is 5.69 Å². The molecule has 1 aromatic carbocycles. The van der Waals surface area contributed by atoms with Gasteiger partial charge in [-0.1, -0.05) is 6.07 Å². The number of amides is 2. The summed E-state index contributed by atoms with van der Waals surface area (Å²) in [5.41, 5.74) is 3.08. The molecular formula is C24H35N5O2. The van der Waals surface area contributed by atoms with Crippen molar-refractivity contribution in [2.75, 3.05) is 63.8 Å². The van der Waals surface area contributed by atoms with Crippen LogP contribution < -0.4 is 4.90 Å². The van der Waals surface area contributed by atoms with Crippen molar-refractivity contribution in [2.45, 2.75) is 39.5 Å². The van der Waals surface area contributed by atoms with Crippen LogP contribution in [0, 0.1) is 25.2 Å². The lowest BCUT2D eigenvalue weighted by atomic mass is 10.1. The monoisotopic (exact) mass is 425 g/mol. The van der Waals surface area contributed by atoms with E-state index in [1.54, 1.807) is 4.90 Å². The van der Waals surface area contributed by atoms with Crippen LogP contribution >= 0.6 is 0 Å². The number of carbonyl (C=O) groups is 2. The van der Waals surface area contributed by atoms with E-state index in [2.05, 4.69) is 21.9 Å². The number of benzene rings is 1. The maximum absolute atomic E-state index is 13.1. The molecule has 2 amide bonds. The third-order valence-corrected chi connectivity index (χ3v) is 6.16. The second kappa shape index (κ2) is 11.3. The molecule has 0 saturated carbocycles. The molecule has 7 heteroatoms. The molecule has 31 heavy (non-hydrogen) atoms. The van der Waals surface area contributed by atoms with Gasteiger partial charge in [0.05, 0.1) is 25.6 Å². The van der Waals surface area contributed by atoms with Gasteiger partial charge in [-0.3, -0.25) is 19.4 Å². The van der Waals surface area contributed by atoms with Crippen molar-refractivity contribution in [3.05, 3.63) is 29.3 Å². The highest BCUT2D eigenvalue weighted by atomic mass is 16.2. The maximum atomic E-state index is 13.1. The van der Waals surface area contributed by atoms with E-state index in [4.69, 9.17) is 5.26 Å². The summed E-state index contributed by atoms with van der Waals surface area (Å²) in [5, 5.41) is 9.03. The van der Waals surface area contributed by atoms with Crippen LogP contribution in [0.2, 0.25) is 0 Å². The number of aryl methyl sites for hydroxylation is 2. The molecule has 0 N–H and O–H groups in total. The first-order valence-electron chi connectivity index (χ1n) is 11.4. The molecule has 2 saturated heterocycles. The van der Waals surface area contributed by atoms with Crippen molar-refractivity contribution < 1.29 is 9.59 Å². The molecule has 0 aliphatic carbocycles. The van der Waals surface area contributed by atoms with E-state index in [-0.39, 0.29) is 11.8 Å². The molecule has 2 heterocycles. The fourth-order valence-corrected chi connectivity index (χ4v) is 4.48. The number of likely N-dealkylation sites (tertiary alicyclic amines) is 1. The average Bonchev–Trinajstić information content (AvgIpc) is 2.75. The van der Waals surface area contributed by atoms with E-state index < -0.39 is 0 Å². The number of nitrogens with zero attached hydrogens (tertiary/aromatic N) is 5. The molecule has 2 aliphatic rings. The highest BCUT2D eigenvalue weighted by Gasteiger charge is 2.25. The van der Waals surface area contributed by atoms with Gasteiger partial charge in [-0.2, -0.15) is 5.26 Å². The second-order valence-corrected chi connectivity index (χ2v) is 8.79. The first kappa shape index (κ1) is 23.2. The summed E-state index contributed by atoms with van der Waals surface area (Å²) in [6, 6.07) is 8.25. The normalized spacial score (nSPS) is 17.9. The van der Waals surface area contributed by atoms with Crippen LogP contribution in [-0.4, -0.2) is 85.4 Å². The van der Waals surface area contributed by atoms with Gasteiger partial charge in [-0.25, -0.2) is 0 Å². The number of piperidine rings is 1. The van der Waals surface area contributed by atoms with E-state index in [1.165, 1.54) is 6.42 Å². The lowest BCUT2D eigenvalue weighted by Crippen LogP contribution is -2.52. The molecule has 3 rings (SSSR count). The van der Waals surface area contributed by atoms with Crippen LogP contribution in [0.3, 0.4) is 0 Å². The Morgan fingerprint density at radius 1 is 0.903 bits per heavy atom. The largest absolute Gasteiger partial charge is 0.342 e. The zero-order chi connectivity index (χ0) is 22.2. The van der Waals surface area contributed by atoms with Gasteiger partial charge in [0.2, 0.25) is 11.8 Å². The smallest absolute Gasteiger partial charge is 0.241 e.